The molecule has 2 aromatic carbocycles. The summed E-state index contributed by atoms with van der Waals surface area (Å²) in [6, 6.07) is 9.77. The standard InChI is InChI=1S/C30H42BrNO4Si/c1-27(2,3)24-21(31)13-14-22-25(24)29(7,8)20-12-11-19(17-23(20)32(22)26(33)34)35-18-30(15-16-30)36-37(9,10)28(4,5)6/h11-14,17H,15-16,18H2,1-10H3,(H,33,34). The number of hydrogen-bond acceptors (Lipinski definition) is 3. The Hall–Kier alpha value is -1.83. The van der Waals surface area contributed by atoms with Gasteiger partial charge in [0.25, 0.3) is 0 Å². The summed E-state index contributed by atoms with van der Waals surface area (Å²) in [6.07, 6.45) is 0.991. The first-order valence-corrected chi connectivity index (χ1v) is 16.8. The second-order valence-electron chi connectivity index (χ2n) is 13.8. The van der Waals surface area contributed by atoms with Gasteiger partial charge in [-0.25, -0.2) is 9.69 Å². The number of anilines is 2. The van der Waals surface area contributed by atoms with E-state index in [4.69, 9.17) is 9.16 Å². The zero-order chi connectivity index (χ0) is 27.8. The van der Waals surface area contributed by atoms with Crippen LogP contribution in [0.1, 0.15) is 84.9 Å². The lowest BCUT2D eigenvalue weighted by Crippen LogP contribution is -2.46. The molecule has 0 aromatic heterocycles. The average Bonchev–Trinajstić information content (AvgIpc) is 3.49. The third-order valence-electron chi connectivity index (χ3n) is 8.41. The fourth-order valence-electron chi connectivity index (χ4n) is 5.23. The molecule has 0 bridgehead atoms. The highest BCUT2D eigenvalue weighted by molar-refractivity contribution is 9.10. The summed E-state index contributed by atoms with van der Waals surface area (Å²) in [6.45, 7) is 22.7. The molecule has 0 radical (unpaired) electrons. The van der Waals surface area contributed by atoms with Gasteiger partial charge in [0.15, 0.2) is 8.32 Å². The number of fused-ring (bicyclic) bond motifs is 2. The van der Waals surface area contributed by atoms with Crippen LogP contribution in [0.15, 0.2) is 34.8 Å². The third-order valence-corrected chi connectivity index (χ3v) is 13.6. The molecular formula is C30H42BrNO4Si. The molecule has 7 heteroatoms. The van der Waals surface area contributed by atoms with Crippen molar-refractivity contribution in [1.82, 2.24) is 0 Å². The van der Waals surface area contributed by atoms with Crippen LogP contribution in [0.2, 0.25) is 18.1 Å². The molecule has 202 valence electrons. The van der Waals surface area contributed by atoms with E-state index >= 15 is 0 Å². The summed E-state index contributed by atoms with van der Waals surface area (Å²) in [7, 11) is -1.92. The van der Waals surface area contributed by atoms with Crippen LogP contribution in [0.3, 0.4) is 0 Å². The molecule has 0 saturated heterocycles. The Labute approximate surface area is 231 Å². The molecule has 1 N–H and O–H groups in total. The fraction of sp³-hybridized carbons (Fsp3) is 0.567. The second-order valence-corrected chi connectivity index (χ2v) is 19.4. The first kappa shape index (κ1) is 28.2. The molecule has 1 amide bonds. The summed E-state index contributed by atoms with van der Waals surface area (Å²) < 4.78 is 14.0. The number of hydrogen-bond donors (Lipinski definition) is 1. The molecular weight excluding hydrogens is 546 g/mol. The van der Waals surface area contributed by atoms with Crippen molar-refractivity contribution < 1.29 is 19.1 Å². The number of carbonyl (C=O) groups is 1. The van der Waals surface area contributed by atoms with Crippen molar-refractivity contribution in [3.05, 3.63) is 51.5 Å². The summed E-state index contributed by atoms with van der Waals surface area (Å²) in [5, 5.41) is 10.5. The Balaban J connectivity index is 1.71. The lowest BCUT2D eigenvalue weighted by Gasteiger charge is -2.43. The smallest absolute Gasteiger partial charge is 0.416 e. The van der Waals surface area contributed by atoms with Crippen LogP contribution in [-0.2, 0) is 15.3 Å². The summed E-state index contributed by atoms with van der Waals surface area (Å²) in [5.41, 5.74) is 3.69. The highest BCUT2D eigenvalue weighted by atomic mass is 79.9. The van der Waals surface area contributed by atoms with Crippen molar-refractivity contribution in [3.63, 3.8) is 0 Å². The van der Waals surface area contributed by atoms with Crippen molar-refractivity contribution in [3.8, 4) is 5.75 Å². The molecule has 0 spiro atoms. The number of carboxylic acid groups (broad SMARTS) is 1. The molecule has 1 aliphatic carbocycles. The van der Waals surface area contributed by atoms with Gasteiger partial charge in [-0.15, -0.1) is 0 Å². The maximum Gasteiger partial charge on any atom is 0.416 e. The van der Waals surface area contributed by atoms with Crippen molar-refractivity contribution >= 4 is 41.7 Å². The molecule has 0 unspecified atom stereocenters. The SMILES string of the molecule is CC(C)(C)c1c(Br)ccc2c1C(C)(C)c1ccc(OCC3(O[Si](C)(C)C(C)(C)C)CC3)cc1N2C(=O)O. The summed E-state index contributed by atoms with van der Waals surface area (Å²) >= 11 is 3.75. The highest BCUT2D eigenvalue weighted by Crippen LogP contribution is 2.54. The van der Waals surface area contributed by atoms with E-state index in [9.17, 15) is 9.90 Å². The number of rotatable bonds is 5. The van der Waals surface area contributed by atoms with Gasteiger partial charge < -0.3 is 14.3 Å². The molecule has 2 aliphatic rings. The zero-order valence-corrected chi connectivity index (χ0v) is 26.6. The minimum atomic E-state index is -1.92. The van der Waals surface area contributed by atoms with Gasteiger partial charge in [0.1, 0.15) is 12.4 Å². The van der Waals surface area contributed by atoms with Gasteiger partial charge in [-0.3, -0.25) is 0 Å². The van der Waals surface area contributed by atoms with E-state index in [0.29, 0.717) is 23.7 Å². The normalized spacial score (nSPS) is 18.2. The van der Waals surface area contributed by atoms with Crippen LogP contribution in [0.4, 0.5) is 16.2 Å². The third kappa shape index (κ3) is 4.99. The van der Waals surface area contributed by atoms with Crippen LogP contribution < -0.4 is 9.64 Å². The van der Waals surface area contributed by atoms with Gasteiger partial charge >= 0.3 is 6.09 Å². The van der Waals surface area contributed by atoms with Crippen molar-refractivity contribution in [2.75, 3.05) is 11.5 Å². The average molecular weight is 589 g/mol. The molecule has 1 aliphatic heterocycles. The summed E-state index contributed by atoms with van der Waals surface area (Å²) in [5.74, 6) is 0.669. The lowest BCUT2D eigenvalue weighted by molar-refractivity contribution is 0.0942. The first-order valence-electron chi connectivity index (χ1n) is 13.1. The Morgan fingerprint density at radius 3 is 2.19 bits per heavy atom. The fourth-order valence-corrected chi connectivity index (χ4v) is 7.81. The molecule has 1 fully saturated rings. The van der Waals surface area contributed by atoms with Gasteiger partial charge in [-0.05, 0) is 71.3 Å². The number of halogens is 1. The summed E-state index contributed by atoms with van der Waals surface area (Å²) in [4.78, 5) is 14.1. The molecule has 1 saturated carbocycles. The van der Waals surface area contributed by atoms with Crippen LogP contribution in [0.25, 0.3) is 0 Å². The predicted octanol–water partition coefficient (Wildman–Crippen LogP) is 9.14. The largest absolute Gasteiger partial charge is 0.491 e. The van der Waals surface area contributed by atoms with Crippen molar-refractivity contribution in [2.24, 2.45) is 0 Å². The Kier molecular flexibility index (Phi) is 6.74. The van der Waals surface area contributed by atoms with E-state index in [-0.39, 0.29) is 16.1 Å². The van der Waals surface area contributed by atoms with E-state index in [2.05, 4.69) is 84.4 Å². The first-order chi connectivity index (χ1) is 16.8. The van der Waals surface area contributed by atoms with Gasteiger partial charge in [-0.2, -0.15) is 0 Å². The Bertz CT molecular complexity index is 1240. The van der Waals surface area contributed by atoms with Crippen LogP contribution in [0, 0.1) is 0 Å². The van der Waals surface area contributed by atoms with Crippen LogP contribution in [-0.4, -0.2) is 31.7 Å². The molecule has 0 atom stereocenters. The van der Waals surface area contributed by atoms with Crippen LogP contribution in [0.5, 0.6) is 5.75 Å². The van der Waals surface area contributed by atoms with E-state index in [1.54, 1.807) is 0 Å². The molecule has 5 nitrogen and oxygen atoms in total. The number of nitrogens with zero attached hydrogens (tertiary/aromatic N) is 1. The Morgan fingerprint density at radius 1 is 1.05 bits per heavy atom. The molecule has 37 heavy (non-hydrogen) atoms. The van der Waals surface area contributed by atoms with Gasteiger partial charge in [0.2, 0.25) is 0 Å². The van der Waals surface area contributed by atoms with E-state index < -0.39 is 19.8 Å². The Morgan fingerprint density at radius 2 is 1.68 bits per heavy atom. The van der Waals surface area contributed by atoms with E-state index in [1.165, 1.54) is 4.90 Å². The van der Waals surface area contributed by atoms with Crippen molar-refractivity contribution in [1.29, 1.82) is 0 Å². The minimum absolute atomic E-state index is 0.135. The topological polar surface area (TPSA) is 59.0 Å². The lowest BCUT2D eigenvalue weighted by atomic mass is 9.68. The van der Waals surface area contributed by atoms with Crippen LogP contribution >= 0.6 is 15.9 Å². The second kappa shape index (κ2) is 8.85. The molecule has 4 rings (SSSR count). The highest BCUT2D eigenvalue weighted by Gasteiger charge is 2.52. The monoisotopic (exact) mass is 587 g/mol. The minimum Gasteiger partial charge on any atom is -0.491 e. The number of ether oxygens (including phenoxy) is 1. The number of benzene rings is 2. The van der Waals surface area contributed by atoms with Crippen molar-refractivity contribution in [2.45, 2.75) is 103 Å². The quantitative estimate of drug-likeness (QED) is 0.354. The van der Waals surface area contributed by atoms with Gasteiger partial charge in [0, 0.05) is 16.0 Å². The zero-order valence-electron chi connectivity index (χ0n) is 24.0. The van der Waals surface area contributed by atoms with Gasteiger partial charge in [-0.1, -0.05) is 77.4 Å². The maximum absolute atomic E-state index is 12.7. The number of amides is 1. The molecule has 1 heterocycles. The van der Waals surface area contributed by atoms with Gasteiger partial charge in [0.05, 0.1) is 17.0 Å². The van der Waals surface area contributed by atoms with E-state index in [0.717, 1.165) is 34.0 Å². The molecule has 2 aromatic rings. The maximum atomic E-state index is 12.7. The predicted molar refractivity (Wildman–Crippen MR) is 157 cm³/mol. The van der Waals surface area contributed by atoms with E-state index in [1.807, 2.05) is 30.3 Å².